The molecule has 0 aliphatic heterocycles. The highest BCUT2D eigenvalue weighted by Gasteiger charge is 2.27. The number of nitrogens with zero attached hydrogens (tertiary/aromatic N) is 3. The molecule has 6 rings (SSSR count). The van der Waals surface area contributed by atoms with E-state index in [9.17, 15) is 8.42 Å². The lowest BCUT2D eigenvalue weighted by Gasteiger charge is -2.10. The summed E-state index contributed by atoms with van der Waals surface area (Å²) in [6, 6.07) is 23.4. The van der Waals surface area contributed by atoms with Crippen LogP contribution in [0.2, 0.25) is 9.36 Å². The molecule has 0 unspecified atom stereocenters. The van der Waals surface area contributed by atoms with E-state index in [2.05, 4.69) is 41.6 Å². The topological polar surface area (TPSA) is 82.9 Å². The van der Waals surface area contributed by atoms with Gasteiger partial charge in [-0.3, -0.25) is 0 Å². The number of anilines is 1. The van der Waals surface area contributed by atoms with Crippen LogP contribution in [0.1, 0.15) is 11.1 Å². The van der Waals surface area contributed by atoms with Crippen molar-refractivity contribution in [3.05, 3.63) is 99.5 Å². The minimum absolute atomic E-state index is 0.0107. The van der Waals surface area contributed by atoms with Crippen molar-refractivity contribution in [2.24, 2.45) is 7.05 Å². The van der Waals surface area contributed by atoms with Gasteiger partial charge in [0.25, 0.3) is 10.0 Å². The second-order valence-corrected chi connectivity index (χ2v) is 12.9. The normalized spacial score (nSPS) is 12.1. The molecule has 6 aromatic rings. The minimum atomic E-state index is -4.09. The third-order valence-electron chi connectivity index (χ3n) is 6.38. The van der Waals surface area contributed by atoms with Crippen molar-refractivity contribution in [1.29, 1.82) is 0 Å². The summed E-state index contributed by atoms with van der Waals surface area (Å²) in [5.74, 6) is 0.0938. The van der Waals surface area contributed by atoms with Crippen LogP contribution >= 0.6 is 34.5 Å². The molecule has 0 spiro atoms. The fourth-order valence-corrected chi connectivity index (χ4v) is 7.98. The Morgan fingerprint density at radius 3 is 2.51 bits per heavy atom. The molecule has 37 heavy (non-hydrogen) atoms. The van der Waals surface area contributed by atoms with Crippen molar-refractivity contribution >= 4 is 72.1 Å². The number of aryl methyl sites for hydroxylation is 1. The summed E-state index contributed by atoms with van der Waals surface area (Å²) >= 11 is 13.0. The second kappa shape index (κ2) is 8.92. The molecule has 0 aliphatic rings. The average Bonchev–Trinajstić information content (AvgIpc) is 3.54. The molecule has 2 N–H and O–H groups in total. The maximum absolute atomic E-state index is 13.6. The van der Waals surface area contributed by atoms with Crippen LogP contribution in [0.4, 0.5) is 5.82 Å². The first-order valence-electron chi connectivity index (χ1n) is 11.3. The molecular weight excluding hydrogens is 547 g/mol. The average molecular weight is 568 g/mol. The molecule has 0 radical (unpaired) electrons. The molecule has 10 heteroatoms. The Kier molecular flexibility index (Phi) is 5.80. The Morgan fingerprint density at radius 1 is 0.973 bits per heavy atom. The lowest BCUT2D eigenvalue weighted by Crippen LogP contribution is -2.15. The molecule has 0 saturated carbocycles. The van der Waals surface area contributed by atoms with Crippen LogP contribution in [0.25, 0.3) is 32.9 Å². The first-order valence-corrected chi connectivity index (χ1v) is 14.3. The molecule has 0 amide bonds. The summed E-state index contributed by atoms with van der Waals surface area (Å²) in [7, 11) is -2.11. The van der Waals surface area contributed by atoms with Gasteiger partial charge < -0.3 is 10.3 Å². The number of fused-ring (bicyclic) bond motifs is 2. The van der Waals surface area contributed by atoms with Gasteiger partial charge in [0.15, 0.2) is 0 Å². The fourth-order valence-electron chi connectivity index (χ4n) is 4.74. The molecule has 3 heterocycles. The Morgan fingerprint density at radius 2 is 1.76 bits per heavy atom. The largest absolute Gasteiger partial charge is 0.382 e. The lowest BCUT2D eigenvalue weighted by molar-refractivity contribution is 0.583. The third kappa shape index (κ3) is 4.10. The van der Waals surface area contributed by atoms with Gasteiger partial charge in [-0.25, -0.2) is 0 Å². The molecule has 0 saturated heterocycles. The van der Waals surface area contributed by atoms with Crippen molar-refractivity contribution in [2.45, 2.75) is 10.6 Å². The highest BCUT2D eigenvalue weighted by atomic mass is 35.5. The van der Waals surface area contributed by atoms with Crippen LogP contribution in [0.15, 0.2) is 83.2 Å². The molecule has 0 bridgehead atoms. The molecule has 3 aromatic carbocycles. The second-order valence-electron chi connectivity index (χ2n) is 8.81. The smallest absolute Gasteiger partial charge is 0.293 e. The van der Waals surface area contributed by atoms with Gasteiger partial charge in [0.05, 0.1) is 10.7 Å². The van der Waals surface area contributed by atoms with Gasteiger partial charge in [-0.2, -0.15) is 12.5 Å². The van der Waals surface area contributed by atoms with E-state index in [-0.39, 0.29) is 19.4 Å². The molecule has 6 nitrogen and oxygen atoms in total. The highest BCUT2D eigenvalue weighted by molar-refractivity contribution is 7.92. The molecule has 0 fully saturated rings. The fraction of sp³-hybridized carbons (Fsp3) is 0.0741. The van der Waals surface area contributed by atoms with Gasteiger partial charge in [0, 0.05) is 35.8 Å². The van der Waals surface area contributed by atoms with Crippen molar-refractivity contribution in [2.75, 3.05) is 5.73 Å². The molecule has 186 valence electrons. The highest BCUT2D eigenvalue weighted by Crippen LogP contribution is 2.39. The van der Waals surface area contributed by atoms with Crippen LogP contribution in [-0.4, -0.2) is 22.2 Å². The summed E-state index contributed by atoms with van der Waals surface area (Å²) in [4.78, 5) is 0. The number of hydrogen-bond acceptors (Lipinski definition) is 5. The van der Waals surface area contributed by atoms with Gasteiger partial charge in [-0.1, -0.05) is 77.8 Å². The molecular formula is C27H20Cl2N4O2S2. The Hall–Kier alpha value is -3.30. The summed E-state index contributed by atoms with van der Waals surface area (Å²) in [6.45, 7) is 0. The summed E-state index contributed by atoms with van der Waals surface area (Å²) in [6.07, 6.45) is 2.76. The van der Waals surface area contributed by atoms with Gasteiger partial charge >= 0.3 is 0 Å². The van der Waals surface area contributed by atoms with Crippen molar-refractivity contribution < 1.29 is 8.42 Å². The third-order valence-corrected chi connectivity index (χ3v) is 10.3. The number of hydrogen-bond donors (Lipinski definition) is 1. The van der Waals surface area contributed by atoms with E-state index in [1.54, 1.807) is 6.07 Å². The monoisotopic (exact) mass is 566 g/mol. The lowest BCUT2D eigenvalue weighted by atomic mass is 9.97. The molecule has 3 aromatic heterocycles. The van der Waals surface area contributed by atoms with E-state index in [1.165, 1.54) is 16.8 Å². The molecule has 0 aliphatic carbocycles. The number of nitrogen functional groups attached to an aromatic ring is 1. The van der Waals surface area contributed by atoms with Gasteiger partial charge in [-0.05, 0) is 40.5 Å². The summed E-state index contributed by atoms with van der Waals surface area (Å²) in [5.41, 5.74) is 10.3. The summed E-state index contributed by atoms with van der Waals surface area (Å²) in [5, 5.41) is 7.63. The first-order chi connectivity index (χ1) is 17.7. The SMILES string of the molecule is Cn1cc(Cc2ccc3ccccc3c2)c2c(-c3cc(N)nn3S(=O)(=O)c3cc(Cl)c(Cl)s3)cccc21. The number of nitrogens with two attached hydrogens (primary N) is 1. The van der Waals surface area contributed by atoms with E-state index >= 15 is 0 Å². The molecule has 0 atom stereocenters. The van der Waals surface area contributed by atoms with E-state index in [0.717, 1.165) is 43.0 Å². The zero-order valence-electron chi connectivity index (χ0n) is 19.5. The zero-order chi connectivity index (χ0) is 25.9. The van der Waals surface area contributed by atoms with Crippen LogP contribution in [0.3, 0.4) is 0 Å². The number of halogens is 2. The Labute approximate surface area is 227 Å². The van der Waals surface area contributed by atoms with E-state index in [0.29, 0.717) is 12.1 Å². The van der Waals surface area contributed by atoms with Gasteiger partial charge in [-0.15, -0.1) is 16.4 Å². The van der Waals surface area contributed by atoms with E-state index in [4.69, 9.17) is 28.9 Å². The predicted molar refractivity (Wildman–Crippen MR) is 152 cm³/mol. The number of rotatable bonds is 5. The van der Waals surface area contributed by atoms with Crippen LogP contribution in [0, 0.1) is 0 Å². The maximum atomic E-state index is 13.6. The van der Waals surface area contributed by atoms with Crippen molar-refractivity contribution in [1.82, 2.24) is 13.8 Å². The number of thiophene rings is 1. The van der Waals surface area contributed by atoms with Crippen LogP contribution < -0.4 is 5.73 Å². The van der Waals surface area contributed by atoms with E-state index < -0.39 is 10.0 Å². The number of aromatic nitrogens is 3. The minimum Gasteiger partial charge on any atom is -0.382 e. The maximum Gasteiger partial charge on any atom is 0.293 e. The number of benzene rings is 3. The van der Waals surface area contributed by atoms with Gasteiger partial charge in [0.2, 0.25) is 0 Å². The zero-order valence-corrected chi connectivity index (χ0v) is 22.7. The van der Waals surface area contributed by atoms with Crippen LogP contribution in [-0.2, 0) is 23.5 Å². The predicted octanol–water partition coefficient (Wildman–Crippen LogP) is 6.97. The van der Waals surface area contributed by atoms with Gasteiger partial charge in [0.1, 0.15) is 14.4 Å². The van der Waals surface area contributed by atoms with Crippen molar-refractivity contribution in [3.8, 4) is 11.3 Å². The van der Waals surface area contributed by atoms with E-state index in [1.807, 2.05) is 41.9 Å². The van der Waals surface area contributed by atoms with Crippen molar-refractivity contribution in [3.63, 3.8) is 0 Å². The summed E-state index contributed by atoms with van der Waals surface area (Å²) < 4.78 is 30.4. The van der Waals surface area contributed by atoms with Crippen LogP contribution in [0.5, 0.6) is 0 Å². The standard InChI is InChI=1S/C27H20Cl2N4O2S2/c1-32-15-19(12-16-9-10-17-5-2-3-6-18(17)11-16)26-20(7-4-8-22(26)32)23-14-24(30)31-33(23)37(34,35)25-13-21(28)27(29)36-25/h2-11,13-15H,12H2,1H3,(H2,30,31). The quantitative estimate of drug-likeness (QED) is 0.244. The first kappa shape index (κ1) is 24.1. The Bertz CT molecular complexity index is 1920. The Balaban J connectivity index is 1.53.